The minimum Gasteiger partial charge on any atom is -0.377 e. The summed E-state index contributed by atoms with van der Waals surface area (Å²) in [5, 5.41) is 20.5. The fourth-order valence-corrected chi connectivity index (χ4v) is 4.64. The van der Waals surface area contributed by atoms with Crippen LogP contribution >= 0.6 is 0 Å². The molecular formula is C24H24F2N6O. The predicted molar refractivity (Wildman–Crippen MR) is 122 cm³/mol. The molecule has 0 fully saturated rings. The van der Waals surface area contributed by atoms with Crippen molar-refractivity contribution in [2.45, 2.75) is 38.7 Å². The molecule has 33 heavy (non-hydrogen) atoms. The van der Waals surface area contributed by atoms with E-state index in [1.54, 1.807) is 13.0 Å². The van der Waals surface area contributed by atoms with E-state index >= 15 is 0 Å². The van der Waals surface area contributed by atoms with E-state index in [2.05, 4.69) is 15.3 Å². The number of hydrogen-bond acceptors (Lipinski definition) is 6. The lowest BCUT2D eigenvalue weighted by Crippen LogP contribution is -2.26. The van der Waals surface area contributed by atoms with Crippen molar-refractivity contribution in [2.75, 3.05) is 18.5 Å². The lowest BCUT2D eigenvalue weighted by Gasteiger charge is -2.18. The topological polar surface area (TPSA) is 99.7 Å². The number of ether oxygens (including phenoxy) is 1. The second kappa shape index (κ2) is 8.15. The first-order chi connectivity index (χ1) is 15.9. The van der Waals surface area contributed by atoms with E-state index in [9.17, 15) is 8.78 Å². The molecule has 1 aliphatic heterocycles. The van der Waals surface area contributed by atoms with Gasteiger partial charge in [-0.05, 0) is 42.5 Å². The molecule has 0 unspecified atom stereocenters. The van der Waals surface area contributed by atoms with Crippen LogP contribution in [0.3, 0.4) is 0 Å². The first kappa shape index (κ1) is 21.4. The molecule has 0 saturated heterocycles. The Morgan fingerprint density at radius 1 is 1.27 bits per heavy atom. The van der Waals surface area contributed by atoms with E-state index in [1.165, 1.54) is 10.6 Å². The van der Waals surface area contributed by atoms with Crippen molar-refractivity contribution in [1.29, 1.82) is 10.8 Å². The number of aryl methyl sites for hydroxylation is 1. The second-order valence-electron chi connectivity index (χ2n) is 8.32. The molecule has 1 aromatic carbocycles. The molecule has 3 aromatic rings. The number of nitrogens with one attached hydrogen (secondary N) is 3. The number of nitrogens with zero attached hydrogens (tertiary/aromatic N) is 3. The van der Waals surface area contributed by atoms with Crippen LogP contribution in [-0.2, 0) is 23.6 Å². The number of alkyl halides is 2. The van der Waals surface area contributed by atoms with Crippen LogP contribution in [0.1, 0.15) is 40.9 Å². The third-order valence-electron chi connectivity index (χ3n) is 6.29. The molecular weight excluding hydrogens is 426 g/mol. The molecule has 0 spiro atoms. The molecule has 2 aromatic heterocycles. The Morgan fingerprint density at radius 3 is 2.88 bits per heavy atom. The second-order valence-corrected chi connectivity index (χ2v) is 8.32. The van der Waals surface area contributed by atoms with Crippen molar-refractivity contribution in [3.63, 3.8) is 0 Å². The van der Waals surface area contributed by atoms with Gasteiger partial charge in [-0.3, -0.25) is 15.4 Å². The molecule has 0 amide bonds. The van der Waals surface area contributed by atoms with E-state index < -0.39 is 5.92 Å². The summed E-state index contributed by atoms with van der Waals surface area (Å²) in [5.74, 6) is -1.75. The molecule has 0 atom stereocenters. The van der Waals surface area contributed by atoms with Gasteiger partial charge in [-0.15, -0.1) is 0 Å². The Kier molecular flexibility index (Phi) is 5.28. The van der Waals surface area contributed by atoms with Crippen LogP contribution in [0.5, 0.6) is 0 Å². The number of hydrogen-bond donors (Lipinski definition) is 3. The molecule has 0 saturated carbocycles. The molecule has 0 radical (unpaired) electrons. The smallest absolute Gasteiger partial charge is 0.273 e. The molecule has 0 bridgehead atoms. The van der Waals surface area contributed by atoms with Crippen LogP contribution in [0.15, 0.2) is 30.3 Å². The lowest BCUT2D eigenvalue weighted by atomic mass is 10.0. The van der Waals surface area contributed by atoms with E-state index in [0.717, 1.165) is 17.5 Å². The minimum atomic E-state index is -2.78. The Balaban J connectivity index is 1.59. The third-order valence-corrected chi connectivity index (χ3v) is 6.29. The standard InChI is InChI=1S/C24H24F2N6O/c1-14-30-22(29-12-16-3-2-4-20-17(16)5-8-24(20,25)26)19-11-18(15-6-9-33-10-7-15)21(28)32(13-27)23(19)31-14/h2-4,6,11,13,27-28H,5,7-10,12H2,1H3,(H,29,30,31). The highest BCUT2D eigenvalue weighted by Gasteiger charge is 2.39. The van der Waals surface area contributed by atoms with Crippen LogP contribution < -0.4 is 10.8 Å². The SMILES string of the molecule is Cc1nc(NCc2cccc3c2CCC3(F)F)c2cc(C3=CCOCC3)c(=N)n(C=N)c2n1. The quantitative estimate of drug-likeness (QED) is 0.402. The maximum atomic E-state index is 14.2. The van der Waals surface area contributed by atoms with Crippen molar-refractivity contribution in [3.05, 3.63) is 63.9 Å². The van der Waals surface area contributed by atoms with E-state index in [4.69, 9.17) is 15.6 Å². The molecule has 170 valence electrons. The summed E-state index contributed by atoms with van der Waals surface area (Å²) in [5.41, 5.74) is 3.94. The normalized spacial score (nSPS) is 17.0. The molecule has 1 aliphatic carbocycles. The van der Waals surface area contributed by atoms with E-state index in [0.29, 0.717) is 66.4 Å². The molecule has 7 nitrogen and oxygen atoms in total. The highest BCUT2D eigenvalue weighted by atomic mass is 19.3. The monoisotopic (exact) mass is 450 g/mol. The molecule has 9 heteroatoms. The van der Waals surface area contributed by atoms with Gasteiger partial charge in [0.15, 0.2) is 5.65 Å². The van der Waals surface area contributed by atoms with Crippen molar-refractivity contribution >= 4 is 28.8 Å². The van der Waals surface area contributed by atoms with Gasteiger partial charge in [0.25, 0.3) is 5.92 Å². The number of rotatable bonds is 5. The average molecular weight is 450 g/mol. The highest BCUT2D eigenvalue weighted by molar-refractivity contribution is 5.92. The highest BCUT2D eigenvalue weighted by Crippen LogP contribution is 2.42. The summed E-state index contributed by atoms with van der Waals surface area (Å²) in [6, 6.07) is 6.91. The van der Waals surface area contributed by atoms with E-state index in [1.807, 2.05) is 18.2 Å². The fraction of sp³-hybridized carbons (Fsp3) is 0.333. The number of fused-ring (bicyclic) bond motifs is 2. The zero-order chi connectivity index (χ0) is 23.2. The van der Waals surface area contributed by atoms with Gasteiger partial charge < -0.3 is 10.1 Å². The average Bonchev–Trinajstić information content (AvgIpc) is 3.13. The Bertz CT molecular complexity index is 1360. The number of pyridine rings is 1. The van der Waals surface area contributed by atoms with Crippen molar-refractivity contribution < 1.29 is 13.5 Å². The summed E-state index contributed by atoms with van der Waals surface area (Å²) >= 11 is 0. The zero-order valence-corrected chi connectivity index (χ0v) is 18.2. The zero-order valence-electron chi connectivity index (χ0n) is 18.2. The van der Waals surface area contributed by atoms with Crippen LogP contribution in [0, 0.1) is 17.7 Å². The van der Waals surface area contributed by atoms with Crippen LogP contribution in [0.25, 0.3) is 16.6 Å². The fourth-order valence-electron chi connectivity index (χ4n) is 4.64. The van der Waals surface area contributed by atoms with Crippen molar-refractivity contribution in [3.8, 4) is 0 Å². The van der Waals surface area contributed by atoms with Gasteiger partial charge in [0, 0.05) is 24.1 Å². The predicted octanol–water partition coefficient (Wildman–Crippen LogP) is 4.13. The van der Waals surface area contributed by atoms with Gasteiger partial charge in [-0.2, -0.15) is 0 Å². The van der Waals surface area contributed by atoms with Crippen molar-refractivity contribution in [2.24, 2.45) is 0 Å². The molecule has 3 N–H and O–H groups in total. The first-order valence-electron chi connectivity index (χ1n) is 10.9. The summed E-state index contributed by atoms with van der Waals surface area (Å²) in [7, 11) is 0. The number of aromatic nitrogens is 3. The molecule has 3 heterocycles. The van der Waals surface area contributed by atoms with Crippen LogP contribution in [0.2, 0.25) is 0 Å². The summed E-state index contributed by atoms with van der Waals surface area (Å²) in [4.78, 5) is 9.05. The van der Waals surface area contributed by atoms with Crippen molar-refractivity contribution in [1.82, 2.24) is 14.5 Å². The number of halogens is 2. The minimum absolute atomic E-state index is 0.111. The number of anilines is 1. The third kappa shape index (κ3) is 3.72. The van der Waals surface area contributed by atoms with Gasteiger partial charge in [0.05, 0.1) is 24.9 Å². The maximum Gasteiger partial charge on any atom is 0.273 e. The summed E-state index contributed by atoms with van der Waals surface area (Å²) < 4.78 is 35.2. The molecule has 2 aliphatic rings. The van der Waals surface area contributed by atoms with Gasteiger partial charge in [-0.25, -0.2) is 18.7 Å². The molecule has 5 rings (SSSR count). The summed E-state index contributed by atoms with van der Waals surface area (Å²) in [6.45, 7) is 3.14. The van der Waals surface area contributed by atoms with Crippen LogP contribution in [-0.4, -0.2) is 34.1 Å². The van der Waals surface area contributed by atoms with Gasteiger partial charge in [0.2, 0.25) is 0 Å². The van der Waals surface area contributed by atoms with Gasteiger partial charge in [0.1, 0.15) is 17.1 Å². The Labute approximate surface area is 189 Å². The Hall–Kier alpha value is -3.46. The lowest BCUT2D eigenvalue weighted by molar-refractivity contribution is -0.00184. The van der Waals surface area contributed by atoms with Crippen LogP contribution in [0.4, 0.5) is 14.6 Å². The van der Waals surface area contributed by atoms with Gasteiger partial charge in [-0.1, -0.05) is 24.3 Å². The van der Waals surface area contributed by atoms with Gasteiger partial charge >= 0.3 is 0 Å². The number of benzene rings is 1. The Morgan fingerprint density at radius 2 is 2.12 bits per heavy atom. The first-order valence-corrected chi connectivity index (χ1v) is 10.9. The largest absolute Gasteiger partial charge is 0.377 e. The van der Waals surface area contributed by atoms with E-state index in [-0.39, 0.29) is 17.5 Å². The summed E-state index contributed by atoms with van der Waals surface area (Å²) in [6.07, 6.45) is 3.89. The maximum absolute atomic E-state index is 14.2.